The molecule has 0 radical (unpaired) electrons. The molecule has 6 heteroatoms. The second kappa shape index (κ2) is 7.27. The van der Waals surface area contributed by atoms with Crippen molar-refractivity contribution in [2.75, 3.05) is 40.5 Å². The molecule has 1 amide bonds. The van der Waals surface area contributed by atoms with Gasteiger partial charge in [-0.25, -0.2) is 0 Å². The number of carbonyl (C=O) groups is 1. The molecule has 2 saturated heterocycles. The molecule has 2 bridgehead atoms. The third-order valence-electron chi connectivity index (χ3n) is 4.88. The zero-order valence-corrected chi connectivity index (χ0v) is 13.9. The third kappa shape index (κ3) is 3.48. The molecule has 2 aliphatic rings. The summed E-state index contributed by atoms with van der Waals surface area (Å²) in [5.41, 5.74) is 0.898. The summed E-state index contributed by atoms with van der Waals surface area (Å²) in [6.45, 7) is 3.76. The number of hydrogen-bond acceptors (Lipinski definition) is 5. The van der Waals surface area contributed by atoms with Crippen molar-refractivity contribution in [2.24, 2.45) is 5.92 Å². The Balaban J connectivity index is 1.72. The second-order valence-corrected chi connectivity index (χ2v) is 6.31. The van der Waals surface area contributed by atoms with Crippen molar-refractivity contribution in [3.05, 3.63) is 24.0 Å². The Morgan fingerprint density at radius 3 is 3.04 bits per heavy atom. The van der Waals surface area contributed by atoms with Crippen LogP contribution in [0.2, 0.25) is 0 Å². The molecule has 2 atom stereocenters. The maximum Gasteiger partial charge on any atom is 0.240 e. The summed E-state index contributed by atoms with van der Waals surface area (Å²) in [5, 5.41) is 0. The average Bonchev–Trinajstić information content (AvgIpc) is 2.59. The number of piperidine rings is 2. The van der Waals surface area contributed by atoms with Crippen molar-refractivity contribution in [3.8, 4) is 5.75 Å². The lowest BCUT2D eigenvalue weighted by Gasteiger charge is -2.46. The van der Waals surface area contributed by atoms with Gasteiger partial charge in [0.05, 0.1) is 25.5 Å². The van der Waals surface area contributed by atoms with E-state index in [1.807, 2.05) is 17.0 Å². The highest BCUT2D eigenvalue weighted by atomic mass is 16.5. The van der Waals surface area contributed by atoms with Gasteiger partial charge in [0.1, 0.15) is 5.75 Å². The van der Waals surface area contributed by atoms with Crippen LogP contribution in [0.5, 0.6) is 5.75 Å². The van der Waals surface area contributed by atoms with E-state index in [4.69, 9.17) is 9.47 Å². The molecule has 0 aromatic carbocycles. The van der Waals surface area contributed by atoms with Crippen LogP contribution in [0.4, 0.5) is 0 Å². The largest absolute Gasteiger partial charge is 0.495 e. The fourth-order valence-electron chi connectivity index (χ4n) is 3.63. The van der Waals surface area contributed by atoms with Gasteiger partial charge in [-0.2, -0.15) is 0 Å². The predicted molar refractivity (Wildman–Crippen MR) is 86.2 cm³/mol. The zero-order chi connectivity index (χ0) is 16.2. The zero-order valence-electron chi connectivity index (χ0n) is 13.9. The van der Waals surface area contributed by atoms with Crippen molar-refractivity contribution in [1.82, 2.24) is 14.8 Å². The third-order valence-corrected chi connectivity index (χ3v) is 4.88. The molecule has 23 heavy (non-hydrogen) atoms. The molecule has 126 valence electrons. The normalized spacial score (nSPS) is 24.8. The summed E-state index contributed by atoms with van der Waals surface area (Å²) in [6.07, 6.45) is 3.86. The van der Waals surface area contributed by atoms with Gasteiger partial charge in [-0.15, -0.1) is 0 Å². The molecule has 3 heterocycles. The standard InChI is InChI=1S/C17H25N3O3/c1-22-9-8-20-11-13-5-7-19(15(10-13)17(20)21)12-14-16(23-2)4-3-6-18-14/h3-4,6,13,15H,5,7-12H2,1-2H3/t13-,15+/m0/s1. The molecule has 0 saturated carbocycles. The Morgan fingerprint density at radius 1 is 1.39 bits per heavy atom. The topological polar surface area (TPSA) is 54.9 Å². The highest BCUT2D eigenvalue weighted by Crippen LogP contribution is 2.31. The van der Waals surface area contributed by atoms with Gasteiger partial charge in [0, 0.05) is 32.9 Å². The van der Waals surface area contributed by atoms with Crippen molar-refractivity contribution >= 4 is 5.91 Å². The Labute approximate surface area is 137 Å². The molecule has 6 nitrogen and oxygen atoms in total. The van der Waals surface area contributed by atoms with E-state index in [1.54, 1.807) is 20.4 Å². The van der Waals surface area contributed by atoms with Gasteiger partial charge in [-0.05, 0) is 37.4 Å². The molecule has 1 aromatic heterocycles. The van der Waals surface area contributed by atoms with E-state index in [0.29, 0.717) is 25.6 Å². The SMILES string of the molecule is COCCN1C[C@H]2CCN(Cc3ncccc3OC)[C@H](C2)C1=O. The van der Waals surface area contributed by atoms with E-state index in [2.05, 4.69) is 9.88 Å². The lowest BCUT2D eigenvalue weighted by Crippen LogP contribution is -2.59. The Kier molecular flexibility index (Phi) is 5.13. The van der Waals surface area contributed by atoms with Crippen molar-refractivity contribution in [3.63, 3.8) is 0 Å². The first kappa shape index (κ1) is 16.2. The Bertz CT molecular complexity index is 552. The van der Waals surface area contributed by atoms with Crippen LogP contribution in [0.3, 0.4) is 0 Å². The van der Waals surface area contributed by atoms with Gasteiger partial charge < -0.3 is 14.4 Å². The summed E-state index contributed by atoms with van der Waals surface area (Å²) in [4.78, 5) is 21.4. The van der Waals surface area contributed by atoms with E-state index in [0.717, 1.165) is 37.4 Å². The van der Waals surface area contributed by atoms with Crippen LogP contribution in [0.25, 0.3) is 0 Å². The average molecular weight is 319 g/mol. The molecule has 0 unspecified atom stereocenters. The number of hydrogen-bond donors (Lipinski definition) is 0. The van der Waals surface area contributed by atoms with Gasteiger partial charge in [0.25, 0.3) is 0 Å². The van der Waals surface area contributed by atoms with Crippen molar-refractivity contribution in [2.45, 2.75) is 25.4 Å². The Hall–Kier alpha value is -1.66. The van der Waals surface area contributed by atoms with Crippen molar-refractivity contribution in [1.29, 1.82) is 0 Å². The van der Waals surface area contributed by atoms with Crippen LogP contribution in [-0.2, 0) is 16.1 Å². The molecule has 1 aromatic rings. The second-order valence-electron chi connectivity index (χ2n) is 6.31. The number of ether oxygens (including phenoxy) is 2. The molecule has 3 rings (SSSR count). The van der Waals surface area contributed by atoms with Crippen LogP contribution in [0.1, 0.15) is 18.5 Å². The van der Waals surface area contributed by atoms with Crippen LogP contribution < -0.4 is 4.74 Å². The highest BCUT2D eigenvalue weighted by Gasteiger charge is 2.41. The first-order valence-electron chi connectivity index (χ1n) is 8.22. The molecule has 2 aliphatic heterocycles. The summed E-state index contributed by atoms with van der Waals surface area (Å²) >= 11 is 0. The quantitative estimate of drug-likeness (QED) is 0.787. The number of rotatable bonds is 6. The van der Waals surface area contributed by atoms with Crippen LogP contribution in [-0.4, -0.2) is 67.2 Å². The Morgan fingerprint density at radius 2 is 2.26 bits per heavy atom. The number of nitrogens with zero attached hydrogens (tertiary/aromatic N) is 3. The van der Waals surface area contributed by atoms with E-state index >= 15 is 0 Å². The van der Waals surface area contributed by atoms with Gasteiger partial charge in [-0.3, -0.25) is 14.7 Å². The van der Waals surface area contributed by atoms with Gasteiger partial charge in [-0.1, -0.05) is 0 Å². The number of aromatic nitrogens is 1. The maximum atomic E-state index is 12.8. The minimum Gasteiger partial charge on any atom is -0.495 e. The first-order chi connectivity index (χ1) is 11.2. The van der Waals surface area contributed by atoms with E-state index in [1.165, 1.54) is 0 Å². The minimum absolute atomic E-state index is 0.0360. The fourth-order valence-corrected chi connectivity index (χ4v) is 3.63. The number of pyridine rings is 1. The highest BCUT2D eigenvalue weighted by molar-refractivity contribution is 5.83. The van der Waals surface area contributed by atoms with Crippen molar-refractivity contribution < 1.29 is 14.3 Å². The van der Waals surface area contributed by atoms with E-state index < -0.39 is 0 Å². The number of fused-ring (bicyclic) bond motifs is 2. The lowest BCUT2D eigenvalue weighted by atomic mass is 9.85. The summed E-state index contributed by atoms with van der Waals surface area (Å²) in [5.74, 6) is 1.62. The van der Waals surface area contributed by atoms with Crippen LogP contribution in [0, 0.1) is 5.92 Å². The monoisotopic (exact) mass is 319 g/mol. The summed E-state index contributed by atoms with van der Waals surface area (Å²) in [6, 6.07) is 3.75. The number of methoxy groups -OCH3 is 2. The first-order valence-corrected chi connectivity index (χ1v) is 8.22. The van der Waals surface area contributed by atoms with Gasteiger partial charge >= 0.3 is 0 Å². The molecule has 0 spiro atoms. The molecular formula is C17H25N3O3. The van der Waals surface area contributed by atoms with E-state index in [-0.39, 0.29) is 11.9 Å². The van der Waals surface area contributed by atoms with Crippen LogP contribution in [0.15, 0.2) is 18.3 Å². The van der Waals surface area contributed by atoms with Gasteiger partial charge in [0.2, 0.25) is 5.91 Å². The number of amides is 1. The lowest BCUT2D eigenvalue weighted by molar-refractivity contribution is -0.146. The summed E-state index contributed by atoms with van der Waals surface area (Å²) in [7, 11) is 3.33. The van der Waals surface area contributed by atoms with E-state index in [9.17, 15) is 4.79 Å². The van der Waals surface area contributed by atoms with Crippen LogP contribution >= 0.6 is 0 Å². The van der Waals surface area contributed by atoms with Gasteiger partial charge in [0.15, 0.2) is 0 Å². The minimum atomic E-state index is -0.0360. The number of carbonyl (C=O) groups excluding carboxylic acids is 1. The maximum absolute atomic E-state index is 12.8. The summed E-state index contributed by atoms with van der Waals surface area (Å²) < 4.78 is 10.5. The molecule has 0 aliphatic carbocycles. The molecule has 0 N–H and O–H groups in total. The molecular weight excluding hydrogens is 294 g/mol. The smallest absolute Gasteiger partial charge is 0.240 e. The number of likely N-dealkylation sites (tertiary alicyclic amines) is 2. The fraction of sp³-hybridized carbons (Fsp3) is 0.647. The molecule has 2 fully saturated rings. The predicted octanol–water partition coefficient (Wildman–Crippen LogP) is 1.16.